The van der Waals surface area contributed by atoms with E-state index < -0.39 is 88.4 Å². The van der Waals surface area contributed by atoms with Gasteiger partial charge in [0.05, 0.1) is 24.9 Å². The smallest absolute Gasteiger partial charge is 0.394 e. The van der Waals surface area contributed by atoms with Crippen molar-refractivity contribution >= 4 is 15.6 Å². The molecule has 1 saturated heterocycles. The number of aromatic nitrogens is 2. The largest absolute Gasteiger partial charge is 0.483 e. The van der Waals surface area contributed by atoms with Gasteiger partial charge in [-0.15, -0.1) is 0 Å². The minimum Gasteiger partial charge on any atom is -0.394 e. The third kappa shape index (κ3) is 5.98. The monoisotopic (exact) mass is 577 g/mol. The number of nitrogens with zero attached hydrogens (tertiary/aromatic N) is 1. The van der Waals surface area contributed by atoms with Crippen molar-refractivity contribution in [3.8, 4) is 0 Å². The Kier molecular flexibility index (Phi) is 8.71. The lowest BCUT2D eigenvalue weighted by Crippen LogP contribution is -2.58. The zero-order valence-electron chi connectivity index (χ0n) is 19.0. The molecule has 3 aliphatic rings. The molecule has 2 saturated carbocycles. The van der Waals surface area contributed by atoms with Crippen molar-refractivity contribution in [2.24, 2.45) is 11.8 Å². The molecule has 2 unspecified atom stereocenters. The van der Waals surface area contributed by atoms with Gasteiger partial charge in [-0.05, 0) is 18.8 Å². The zero-order chi connectivity index (χ0) is 26.6. The number of hydrogen-bond acceptors (Lipinski definition) is 14. The Morgan fingerprint density at radius 2 is 1.76 bits per heavy atom. The van der Waals surface area contributed by atoms with Crippen molar-refractivity contribution in [3.05, 3.63) is 33.1 Å². The summed E-state index contributed by atoms with van der Waals surface area (Å²) in [4.78, 5) is 45.4. The Morgan fingerprint density at radius 3 is 2.38 bits per heavy atom. The molecule has 1 aliphatic heterocycles. The Labute approximate surface area is 207 Å². The highest BCUT2D eigenvalue weighted by Crippen LogP contribution is 2.65. The molecule has 20 heteroatoms. The van der Waals surface area contributed by atoms with E-state index in [2.05, 4.69) is 13.8 Å². The van der Waals surface area contributed by atoms with Crippen molar-refractivity contribution in [2.45, 2.75) is 55.2 Å². The second-order valence-corrected chi connectivity index (χ2v) is 11.9. The van der Waals surface area contributed by atoms with Crippen LogP contribution >= 0.6 is 15.6 Å². The van der Waals surface area contributed by atoms with Gasteiger partial charge in [-0.3, -0.25) is 23.4 Å². The summed E-state index contributed by atoms with van der Waals surface area (Å²) in [6.07, 6.45) is -8.72. The molecule has 0 radical (unpaired) electrons. The molecule has 4 rings (SSSR count). The molecule has 0 aromatic carbocycles. The fourth-order valence-corrected chi connectivity index (χ4v) is 7.08. The van der Waals surface area contributed by atoms with Crippen LogP contribution in [-0.4, -0.2) is 94.9 Å². The number of nitrogens with one attached hydrogen (secondary N) is 1. The number of fused-ring (bicyclic) bond motifs is 1. The summed E-state index contributed by atoms with van der Waals surface area (Å²) >= 11 is 0. The van der Waals surface area contributed by atoms with Crippen LogP contribution < -0.4 is 17.4 Å². The summed E-state index contributed by atoms with van der Waals surface area (Å²) in [7, 11) is -10.8. The molecule has 37 heavy (non-hydrogen) atoms. The maximum Gasteiger partial charge on any atom is 0.483 e. The van der Waals surface area contributed by atoms with Crippen LogP contribution in [0.2, 0.25) is 0 Å². The number of hydrogen-bond donors (Lipinski definition) is 9. The van der Waals surface area contributed by atoms with E-state index in [1.165, 1.54) is 10.8 Å². The Morgan fingerprint density at radius 1 is 1.08 bits per heavy atom. The van der Waals surface area contributed by atoms with Crippen molar-refractivity contribution in [2.75, 3.05) is 13.2 Å². The number of rotatable bonds is 9. The summed E-state index contributed by atoms with van der Waals surface area (Å²) in [5.74, 6) is -1.14. The number of aliphatic hydroxyl groups is 5. The van der Waals surface area contributed by atoms with Gasteiger partial charge >= 0.3 is 21.3 Å². The number of aromatic amines is 1. The summed E-state index contributed by atoms with van der Waals surface area (Å²) < 4.78 is 44.2. The van der Waals surface area contributed by atoms with Gasteiger partial charge in [-0.2, -0.15) is 4.31 Å². The average molecular weight is 577 g/mol. The van der Waals surface area contributed by atoms with Crippen LogP contribution in [0.5, 0.6) is 0 Å². The quantitative estimate of drug-likeness (QED) is 0.131. The Bertz CT molecular complexity index is 1190. The van der Waals surface area contributed by atoms with Crippen LogP contribution in [-0.2, 0) is 32.8 Å². The molecular formula is C17H29N3O15P2. The lowest BCUT2D eigenvalue weighted by Gasteiger charge is -2.39. The van der Waals surface area contributed by atoms with Gasteiger partial charge in [-0.25, -0.2) is 13.9 Å². The highest BCUT2D eigenvalue weighted by molar-refractivity contribution is 7.61. The topological polar surface area (TPSA) is 303 Å². The fraction of sp³-hybridized carbons (Fsp3) is 0.765. The van der Waals surface area contributed by atoms with Gasteiger partial charge in [0, 0.05) is 18.2 Å². The molecule has 212 valence electrons. The zero-order valence-corrected chi connectivity index (χ0v) is 20.8. The van der Waals surface area contributed by atoms with Gasteiger partial charge in [0.2, 0.25) is 0 Å². The molecule has 1 aromatic heterocycles. The van der Waals surface area contributed by atoms with E-state index in [0.717, 1.165) is 6.07 Å². The van der Waals surface area contributed by atoms with Gasteiger partial charge in [-0.1, -0.05) is 0 Å². The number of H-pyrrole nitrogens is 1. The lowest BCUT2D eigenvalue weighted by molar-refractivity contribution is -0.280. The summed E-state index contributed by atoms with van der Waals surface area (Å²) in [6, 6.07) is 1.14. The summed E-state index contributed by atoms with van der Waals surface area (Å²) in [5.41, 5.74) is -2.10. The maximum atomic E-state index is 12.3. The second-order valence-electron chi connectivity index (χ2n) is 8.95. The molecule has 1 aromatic rings. The molecule has 0 amide bonds. The van der Waals surface area contributed by atoms with Crippen LogP contribution in [0.15, 0.2) is 21.9 Å². The summed E-state index contributed by atoms with van der Waals surface area (Å²) in [5, 5.41) is 48.9. The first-order valence-corrected chi connectivity index (χ1v) is 13.7. The van der Waals surface area contributed by atoms with Crippen molar-refractivity contribution < 1.29 is 62.5 Å². The van der Waals surface area contributed by atoms with Crippen LogP contribution in [0.3, 0.4) is 0 Å². The van der Waals surface area contributed by atoms with E-state index in [-0.39, 0.29) is 18.5 Å². The van der Waals surface area contributed by atoms with Crippen LogP contribution in [0.25, 0.3) is 0 Å². The molecule has 3 fully saturated rings. The van der Waals surface area contributed by atoms with Crippen LogP contribution in [0.4, 0.5) is 0 Å². The third-order valence-electron chi connectivity index (χ3n) is 6.70. The van der Waals surface area contributed by atoms with Gasteiger partial charge in [0.15, 0.2) is 6.29 Å². The Hall–Kier alpha value is -1.34. The molecule has 0 bridgehead atoms. The highest BCUT2D eigenvalue weighted by atomic mass is 31.3. The van der Waals surface area contributed by atoms with E-state index in [0.29, 0.717) is 6.42 Å². The molecule has 11 N–H and O–H groups in total. The normalized spacial score (nSPS) is 40.2. The average Bonchev–Trinajstić information content (AvgIpc) is 3.39. The van der Waals surface area contributed by atoms with Crippen molar-refractivity contribution in [1.82, 2.24) is 15.7 Å². The van der Waals surface area contributed by atoms with Gasteiger partial charge < -0.3 is 46.2 Å². The van der Waals surface area contributed by atoms with Crippen molar-refractivity contribution in [3.63, 3.8) is 0 Å². The second kappa shape index (κ2) is 10.7. The number of ether oxygens (including phenoxy) is 1. The minimum atomic E-state index is -5.50. The molecule has 11 atom stereocenters. The number of phosphoric acid groups is 2. The summed E-state index contributed by atoms with van der Waals surface area (Å²) in [6.45, 7) is -1.47. The maximum absolute atomic E-state index is 12.3. The van der Waals surface area contributed by atoms with Crippen molar-refractivity contribution in [1.29, 1.82) is 0 Å². The molecule has 18 nitrogen and oxygen atoms in total. The van der Waals surface area contributed by atoms with Gasteiger partial charge in [0.25, 0.3) is 5.56 Å². The minimum absolute atomic E-state index is 0. The van der Waals surface area contributed by atoms with E-state index >= 15 is 0 Å². The first-order chi connectivity index (χ1) is 16.7. The Balaban J connectivity index is 0.00000380. The first kappa shape index (κ1) is 30.2. The SMILES string of the molecule is N.O=c1ccn([C@@]23C[C@H](O)[C@@H](COP(=O)(O)OP(=O)(O)O[C@H]4O[C@H](CO)[C@@H](O)[C@H](O)[C@H]4O)[C@@H]2C3)c(=O)[nH]1. The molecule has 0 spiro atoms. The van der Waals surface area contributed by atoms with E-state index in [9.17, 15) is 48.9 Å². The van der Waals surface area contributed by atoms with E-state index in [1.807, 2.05) is 0 Å². The molecule has 2 aliphatic carbocycles. The van der Waals surface area contributed by atoms with E-state index in [4.69, 9.17) is 14.4 Å². The number of aliphatic hydroxyl groups excluding tert-OH is 5. The fourth-order valence-electron chi connectivity index (χ4n) is 4.90. The van der Waals surface area contributed by atoms with Crippen LogP contribution in [0, 0.1) is 11.8 Å². The highest BCUT2D eigenvalue weighted by Gasteiger charge is 2.67. The predicted molar refractivity (Wildman–Crippen MR) is 118 cm³/mol. The van der Waals surface area contributed by atoms with Crippen LogP contribution in [0.1, 0.15) is 12.8 Å². The first-order valence-electron chi connectivity index (χ1n) is 10.7. The molecule has 2 heterocycles. The number of phosphoric ester groups is 2. The third-order valence-corrected chi connectivity index (χ3v) is 9.30. The lowest BCUT2D eigenvalue weighted by atomic mass is 10.00. The standard InChI is InChI=1S/C17H26N2O15P2.H3N/c20-5-10-12(23)13(24)14(25)15(32-10)33-36(29,30)34-35(27,28)31-6-7-8-3-17(8,4-9(7)21)19-2-1-11(22)18-16(19)26;/h1-2,7-10,12-15,20-21,23-25H,3-6H2,(H,27,28)(H,29,30)(H,18,22,26);1H3/t7-,8-,9-,10+,12+,13-,14+,15+,17-;/m0./s1. The van der Waals surface area contributed by atoms with E-state index in [1.54, 1.807) is 0 Å². The predicted octanol–water partition coefficient (Wildman–Crippen LogP) is -3.15. The molecular weight excluding hydrogens is 548 g/mol. The van der Waals surface area contributed by atoms with Gasteiger partial charge in [0.1, 0.15) is 24.4 Å².